The van der Waals surface area contributed by atoms with Gasteiger partial charge in [-0.05, 0) is 29.7 Å². The molecular weight excluding hydrogens is 508 g/mol. The normalized spacial score (nSPS) is 12.9. The van der Waals surface area contributed by atoms with E-state index in [-0.39, 0.29) is 43.4 Å². The maximum Gasteiger partial charge on any atom is 0.419 e. The van der Waals surface area contributed by atoms with Gasteiger partial charge in [0.05, 0.1) is 12.1 Å². The van der Waals surface area contributed by atoms with Crippen LogP contribution < -0.4 is 16.4 Å². The number of hydrogen-bond acceptors (Lipinski definition) is 7. The van der Waals surface area contributed by atoms with Crippen LogP contribution in [0.4, 0.5) is 5.69 Å². The second kappa shape index (κ2) is 12.5. The Morgan fingerprint density at radius 1 is 1.11 bits per heavy atom. The first kappa shape index (κ1) is 29.2. The zero-order chi connectivity index (χ0) is 26.7. The Kier molecular flexibility index (Phi) is 9.59. The number of aromatic nitrogens is 1. The van der Waals surface area contributed by atoms with Crippen molar-refractivity contribution in [2.24, 2.45) is 7.05 Å². The number of carbonyl (C=O) groups excluding carboxylic acids is 2. The highest BCUT2D eigenvalue weighted by molar-refractivity contribution is 5.88. The Labute approximate surface area is 228 Å². The smallest absolute Gasteiger partial charge is 0.408 e. The quantitative estimate of drug-likeness (QED) is 0.404. The fourth-order valence-electron chi connectivity index (χ4n) is 4.48. The lowest BCUT2D eigenvalue weighted by molar-refractivity contribution is -0.151. The molecule has 1 aliphatic heterocycles. The Bertz CT molecular complexity index is 1330. The summed E-state index contributed by atoms with van der Waals surface area (Å²) in [7, 11) is 3.41. The van der Waals surface area contributed by atoms with Crippen molar-refractivity contribution in [2.75, 3.05) is 38.5 Å². The molecule has 2 amide bonds. The summed E-state index contributed by atoms with van der Waals surface area (Å²) in [5.41, 5.74) is 5.15. The number of likely N-dealkylation sites (N-methyl/N-ethyl adjacent to an activating group) is 1. The number of anilines is 1. The van der Waals surface area contributed by atoms with Gasteiger partial charge in [-0.3, -0.25) is 19.2 Å². The highest BCUT2D eigenvalue weighted by Gasteiger charge is 2.27. The van der Waals surface area contributed by atoms with Gasteiger partial charge in [0.1, 0.15) is 6.54 Å². The molecule has 10 nitrogen and oxygen atoms in total. The minimum atomic E-state index is -0.435. The van der Waals surface area contributed by atoms with E-state index >= 15 is 0 Å². The molecule has 11 heteroatoms. The lowest BCUT2D eigenvalue weighted by atomic mass is 10.1. The molecule has 0 bridgehead atoms. The van der Waals surface area contributed by atoms with Crippen molar-refractivity contribution in [1.29, 1.82) is 0 Å². The molecule has 0 spiro atoms. The van der Waals surface area contributed by atoms with Crippen LogP contribution in [-0.2, 0) is 29.7 Å². The van der Waals surface area contributed by atoms with Gasteiger partial charge in [0.25, 0.3) is 5.91 Å². The Balaban J connectivity index is 0.00000400. The predicted molar refractivity (Wildman–Crippen MR) is 150 cm³/mol. The lowest BCUT2D eigenvalue weighted by Gasteiger charge is -2.31. The van der Waals surface area contributed by atoms with Gasteiger partial charge in [-0.2, -0.15) is 0 Å². The number of hydrogen-bond donors (Lipinski definition) is 2. The molecule has 0 saturated carbocycles. The standard InChI is InChI=1S/C27H36N6O4.ClH/c1-18(2)28-10-11-32(17-26(35)31(5)33-15-20-8-6-7-9-21(20)16-33)25(34)14-29-22-13-24-23(12-19(22)3)30(4)27(36)37-24;/h6-9,12-13,18,28-29H,10-11,14-17H2,1-5H3;1H. The lowest BCUT2D eigenvalue weighted by Crippen LogP contribution is -2.49. The van der Waals surface area contributed by atoms with E-state index in [9.17, 15) is 14.4 Å². The first-order chi connectivity index (χ1) is 17.6. The summed E-state index contributed by atoms with van der Waals surface area (Å²) < 4.78 is 6.73. The Hall–Kier alpha value is -3.34. The van der Waals surface area contributed by atoms with E-state index in [1.807, 2.05) is 44.0 Å². The summed E-state index contributed by atoms with van der Waals surface area (Å²) in [6.07, 6.45) is 0. The van der Waals surface area contributed by atoms with Gasteiger partial charge in [0.15, 0.2) is 5.58 Å². The first-order valence-corrected chi connectivity index (χ1v) is 12.6. The van der Waals surface area contributed by atoms with Crippen LogP contribution in [0, 0.1) is 6.92 Å². The van der Waals surface area contributed by atoms with E-state index in [1.165, 1.54) is 15.7 Å². The number of rotatable bonds is 10. The predicted octanol–water partition coefficient (Wildman–Crippen LogP) is 2.49. The minimum absolute atomic E-state index is 0. The molecule has 0 radical (unpaired) electrons. The molecule has 3 aromatic rings. The summed E-state index contributed by atoms with van der Waals surface area (Å²) >= 11 is 0. The third-order valence-corrected chi connectivity index (χ3v) is 6.79. The number of fused-ring (bicyclic) bond motifs is 2. The summed E-state index contributed by atoms with van der Waals surface area (Å²) in [5, 5.41) is 10.1. The number of nitrogens with zero attached hydrogens (tertiary/aromatic N) is 4. The third-order valence-electron chi connectivity index (χ3n) is 6.79. The number of halogens is 1. The van der Waals surface area contributed by atoms with Crippen molar-refractivity contribution < 1.29 is 14.0 Å². The van der Waals surface area contributed by atoms with Crippen LogP contribution in [0.1, 0.15) is 30.5 Å². The minimum Gasteiger partial charge on any atom is -0.408 e. The number of hydrazine groups is 1. The van der Waals surface area contributed by atoms with E-state index in [4.69, 9.17) is 4.42 Å². The highest BCUT2D eigenvalue weighted by Crippen LogP contribution is 2.24. The number of oxazole rings is 1. The number of aryl methyl sites for hydroxylation is 2. The summed E-state index contributed by atoms with van der Waals surface area (Å²) in [5.74, 6) is -0.768. The van der Waals surface area contributed by atoms with Gasteiger partial charge in [-0.1, -0.05) is 38.1 Å². The third kappa shape index (κ3) is 6.56. The molecule has 2 aromatic carbocycles. The van der Waals surface area contributed by atoms with Crippen molar-refractivity contribution >= 4 is 41.0 Å². The van der Waals surface area contributed by atoms with Gasteiger partial charge >= 0.3 is 5.76 Å². The summed E-state index contributed by atoms with van der Waals surface area (Å²) in [6.45, 7) is 8.30. The van der Waals surface area contributed by atoms with Crippen LogP contribution in [0.5, 0.6) is 0 Å². The van der Waals surface area contributed by atoms with E-state index in [2.05, 4.69) is 22.8 Å². The van der Waals surface area contributed by atoms with Crippen molar-refractivity contribution in [3.8, 4) is 0 Å². The first-order valence-electron chi connectivity index (χ1n) is 12.6. The molecule has 0 unspecified atom stereocenters. The van der Waals surface area contributed by atoms with E-state index in [0.717, 1.165) is 5.56 Å². The second-order valence-electron chi connectivity index (χ2n) is 9.85. The maximum absolute atomic E-state index is 13.3. The van der Waals surface area contributed by atoms with Crippen molar-refractivity contribution in [1.82, 2.24) is 24.8 Å². The topological polar surface area (TPSA) is 103 Å². The molecule has 0 aliphatic carbocycles. The largest absolute Gasteiger partial charge is 0.419 e. The van der Waals surface area contributed by atoms with Gasteiger partial charge in [-0.15, -0.1) is 12.4 Å². The molecule has 0 atom stereocenters. The van der Waals surface area contributed by atoms with Crippen LogP contribution in [0.3, 0.4) is 0 Å². The molecule has 4 rings (SSSR count). The average Bonchev–Trinajstić information content (AvgIpc) is 3.41. The highest BCUT2D eigenvalue weighted by atomic mass is 35.5. The van der Waals surface area contributed by atoms with E-state index < -0.39 is 5.76 Å². The zero-order valence-electron chi connectivity index (χ0n) is 22.6. The molecular formula is C27H37ClN6O4. The molecule has 2 N–H and O–H groups in total. The van der Waals surface area contributed by atoms with Crippen molar-refractivity contribution in [2.45, 2.75) is 39.9 Å². The fraction of sp³-hybridized carbons (Fsp3) is 0.444. The molecule has 38 heavy (non-hydrogen) atoms. The van der Waals surface area contributed by atoms with Crippen LogP contribution in [-0.4, -0.2) is 70.6 Å². The molecule has 0 fully saturated rings. The van der Waals surface area contributed by atoms with Crippen LogP contribution in [0.25, 0.3) is 11.1 Å². The van der Waals surface area contributed by atoms with Gasteiger partial charge in [0, 0.05) is 58.1 Å². The van der Waals surface area contributed by atoms with Gasteiger partial charge in [0.2, 0.25) is 5.91 Å². The number of amides is 2. The zero-order valence-corrected chi connectivity index (χ0v) is 23.4. The summed E-state index contributed by atoms with van der Waals surface area (Å²) in [6, 6.07) is 12.0. The van der Waals surface area contributed by atoms with Gasteiger partial charge < -0.3 is 20.0 Å². The molecule has 0 saturated heterocycles. The van der Waals surface area contributed by atoms with Crippen molar-refractivity contribution in [3.05, 3.63) is 63.6 Å². The molecule has 1 aliphatic rings. The average molecular weight is 545 g/mol. The van der Waals surface area contributed by atoms with Crippen LogP contribution in [0.15, 0.2) is 45.6 Å². The van der Waals surface area contributed by atoms with Gasteiger partial charge in [-0.25, -0.2) is 9.80 Å². The Morgan fingerprint density at radius 2 is 1.76 bits per heavy atom. The van der Waals surface area contributed by atoms with Crippen molar-refractivity contribution in [3.63, 3.8) is 0 Å². The molecule has 1 aromatic heterocycles. The van der Waals surface area contributed by atoms with E-state index in [1.54, 1.807) is 30.1 Å². The van der Waals surface area contributed by atoms with Crippen LogP contribution in [0.2, 0.25) is 0 Å². The van der Waals surface area contributed by atoms with Crippen LogP contribution >= 0.6 is 12.4 Å². The monoisotopic (exact) mass is 544 g/mol. The SMILES string of the molecule is Cc1cc2c(cc1NCC(=O)N(CCNC(C)C)CC(=O)N(C)N1Cc3ccccc3C1)oc(=O)n2C.Cl. The van der Waals surface area contributed by atoms with E-state index in [0.29, 0.717) is 43.0 Å². The Morgan fingerprint density at radius 3 is 2.39 bits per heavy atom. The number of carbonyl (C=O) groups is 2. The summed E-state index contributed by atoms with van der Waals surface area (Å²) in [4.78, 5) is 39.9. The fourth-order valence-corrected chi connectivity index (χ4v) is 4.48. The second-order valence-corrected chi connectivity index (χ2v) is 9.85. The number of benzene rings is 2. The number of nitrogens with one attached hydrogen (secondary N) is 2. The maximum atomic E-state index is 13.3. The molecule has 206 valence electrons. The molecule has 2 heterocycles.